The molecule has 0 aromatic heterocycles. The highest BCUT2D eigenvalue weighted by atomic mass is 127. The van der Waals surface area contributed by atoms with Crippen molar-refractivity contribution in [2.75, 3.05) is 39.8 Å². The molecule has 3 rings (SSSR count). The third-order valence-corrected chi connectivity index (χ3v) is 4.92. The smallest absolute Gasteiger partial charge is 0.251 e. The van der Waals surface area contributed by atoms with E-state index in [-0.39, 0.29) is 48.3 Å². The Kier molecular flexibility index (Phi) is 8.44. The highest BCUT2D eigenvalue weighted by Crippen LogP contribution is 2.16. The van der Waals surface area contributed by atoms with E-state index in [1.165, 1.54) is 18.2 Å². The molecule has 0 bridgehead atoms. The lowest BCUT2D eigenvalue weighted by Gasteiger charge is -2.37. The molecule has 2 aliphatic rings. The van der Waals surface area contributed by atoms with Crippen LogP contribution in [0, 0.1) is 17.1 Å². The van der Waals surface area contributed by atoms with Gasteiger partial charge in [0.2, 0.25) is 0 Å². The van der Waals surface area contributed by atoms with E-state index < -0.39 is 0 Å². The highest BCUT2D eigenvalue weighted by Gasteiger charge is 2.30. The van der Waals surface area contributed by atoms with Gasteiger partial charge in [-0.15, -0.1) is 24.0 Å². The van der Waals surface area contributed by atoms with Crippen LogP contribution < -0.4 is 5.32 Å². The van der Waals surface area contributed by atoms with E-state index >= 15 is 0 Å². The number of carbonyl (C=O) groups is 1. The number of nitrogens with zero attached hydrogens (tertiary/aromatic N) is 4. The van der Waals surface area contributed by atoms with Crippen LogP contribution in [-0.2, 0) is 16.1 Å². The van der Waals surface area contributed by atoms with Crippen molar-refractivity contribution >= 4 is 35.8 Å². The monoisotopic (exact) mass is 501 g/mol. The number of nitriles is 1. The minimum atomic E-state index is -0.357. The van der Waals surface area contributed by atoms with Crippen LogP contribution in [-0.4, -0.2) is 67.6 Å². The molecular weight excluding hydrogens is 476 g/mol. The van der Waals surface area contributed by atoms with E-state index in [1.807, 2.05) is 15.9 Å². The molecule has 1 atom stereocenters. The molecule has 9 heteroatoms. The fraction of sp³-hybridized carbons (Fsp3) is 0.526. The summed E-state index contributed by atoms with van der Waals surface area (Å²) < 4.78 is 19.4. The van der Waals surface area contributed by atoms with Gasteiger partial charge in [0.05, 0.1) is 11.6 Å². The zero-order valence-corrected chi connectivity index (χ0v) is 18.2. The first kappa shape index (κ1) is 22.4. The number of guanidine groups is 1. The number of rotatable bonds is 3. The summed E-state index contributed by atoms with van der Waals surface area (Å²) in [6.07, 6.45) is 1.45. The number of benzene rings is 1. The van der Waals surface area contributed by atoms with Gasteiger partial charge < -0.3 is 19.9 Å². The molecular formula is C19H25FIN5O2. The molecule has 152 valence electrons. The van der Waals surface area contributed by atoms with Crippen LogP contribution >= 0.6 is 24.0 Å². The van der Waals surface area contributed by atoms with E-state index in [0.29, 0.717) is 49.9 Å². The molecule has 1 aromatic carbocycles. The van der Waals surface area contributed by atoms with Crippen LogP contribution in [0.4, 0.5) is 4.39 Å². The number of hydrogen-bond acceptors (Lipinski definition) is 4. The van der Waals surface area contributed by atoms with Crippen molar-refractivity contribution in [1.29, 1.82) is 5.26 Å². The summed E-state index contributed by atoms with van der Waals surface area (Å²) in [4.78, 5) is 20.6. The average Bonchev–Trinajstić information content (AvgIpc) is 3.24. The Labute approximate surface area is 181 Å². The molecule has 1 unspecified atom stereocenters. The van der Waals surface area contributed by atoms with Crippen molar-refractivity contribution in [3.05, 3.63) is 35.1 Å². The fourth-order valence-electron chi connectivity index (χ4n) is 3.40. The second kappa shape index (κ2) is 10.6. The molecule has 0 aliphatic carbocycles. The number of ether oxygens (including phenoxy) is 1. The van der Waals surface area contributed by atoms with Crippen LogP contribution in [0.1, 0.15) is 24.0 Å². The van der Waals surface area contributed by atoms with Gasteiger partial charge in [0.25, 0.3) is 5.91 Å². The molecule has 0 saturated carbocycles. The minimum Gasteiger partial charge on any atom is -0.368 e. The number of aliphatic imine (C=N–C) groups is 1. The van der Waals surface area contributed by atoms with Crippen molar-refractivity contribution in [3.63, 3.8) is 0 Å². The van der Waals surface area contributed by atoms with Crippen LogP contribution in [0.3, 0.4) is 0 Å². The summed E-state index contributed by atoms with van der Waals surface area (Å²) in [5.74, 6) is 0.371. The lowest BCUT2D eigenvalue weighted by atomic mass is 10.1. The lowest BCUT2D eigenvalue weighted by molar-refractivity contribution is -0.142. The van der Waals surface area contributed by atoms with Crippen LogP contribution in [0.2, 0.25) is 0 Å². The predicted molar refractivity (Wildman–Crippen MR) is 114 cm³/mol. The van der Waals surface area contributed by atoms with Gasteiger partial charge >= 0.3 is 0 Å². The van der Waals surface area contributed by atoms with E-state index in [2.05, 4.69) is 10.3 Å². The molecule has 2 aliphatic heterocycles. The standard InChI is InChI=1S/C19H24FN5O2.HI/c1-22-19(23-13-15-11-14(12-21)4-5-16(15)20)25-8-6-24(7-9-25)18(26)17-3-2-10-27-17;/h4-5,11,17H,2-3,6-10,13H2,1H3,(H,22,23);1H. The van der Waals surface area contributed by atoms with Gasteiger partial charge in [-0.05, 0) is 31.0 Å². The number of nitrogens with one attached hydrogen (secondary N) is 1. The van der Waals surface area contributed by atoms with Gasteiger partial charge in [0, 0.05) is 51.9 Å². The van der Waals surface area contributed by atoms with Crippen LogP contribution in [0.25, 0.3) is 0 Å². The number of amides is 1. The number of halogens is 2. The van der Waals surface area contributed by atoms with Crippen LogP contribution in [0.15, 0.2) is 23.2 Å². The number of carbonyl (C=O) groups excluding carboxylic acids is 1. The molecule has 2 heterocycles. The van der Waals surface area contributed by atoms with E-state index in [0.717, 1.165) is 12.8 Å². The first-order valence-electron chi connectivity index (χ1n) is 9.17. The summed E-state index contributed by atoms with van der Waals surface area (Å²) in [5.41, 5.74) is 0.840. The van der Waals surface area contributed by atoms with Crippen LogP contribution in [0.5, 0.6) is 0 Å². The maximum absolute atomic E-state index is 13.9. The molecule has 28 heavy (non-hydrogen) atoms. The molecule has 2 fully saturated rings. The van der Waals surface area contributed by atoms with Crippen molar-refractivity contribution in [3.8, 4) is 6.07 Å². The normalized spacial score (nSPS) is 19.8. The maximum atomic E-state index is 13.9. The van der Waals surface area contributed by atoms with Gasteiger partial charge in [-0.3, -0.25) is 9.79 Å². The SMILES string of the molecule is CN=C(NCc1cc(C#N)ccc1F)N1CCN(C(=O)C2CCCO2)CC1.I. The predicted octanol–water partition coefficient (Wildman–Crippen LogP) is 1.71. The number of piperazine rings is 1. The zero-order chi connectivity index (χ0) is 19.2. The average molecular weight is 501 g/mol. The van der Waals surface area contributed by atoms with Gasteiger partial charge in [-0.2, -0.15) is 5.26 Å². The first-order valence-corrected chi connectivity index (χ1v) is 9.17. The second-order valence-electron chi connectivity index (χ2n) is 6.63. The quantitative estimate of drug-likeness (QED) is 0.388. The lowest BCUT2D eigenvalue weighted by Crippen LogP contribution is -2.55. The molecule has 7 nitrogen and oxygen atoms in total. The minimum absolute atomic E-state index is 0. The molecule has 0 spiro atoms. The Morgan fingerprint density at radius 1 is 1.36 bits per heavy atom. The van der Waals surface area contributed by atoms with Crippen molar-refractivity contribution in [2.45, 2.75) is 25.5 Å². The topological polar surface area (TPSA) is 81.0 Å². The van der Waals surface area contributed by atoms with Gasteiger partial charge in [0.15, 0.2) is 5.96 Å². The zero-order valence-electron chi connectivity index (χ0n) is 15.9. The van der Waals surface area contributed by atoms with E-state index in [9.17, 15) is 9.18 Å². The van der Waals surface area contributed by atoms with Gasteiger partial charge in [-0.1, -0.05) is 0 Å². The van der Waals surface area contributed by atoms with Crippen molar-refractivity contribution < 1.29 is 13.9 Å². The Balaban J connectivity index is 0.00000280. The molecule has 1 aromatic rings. The third-order valence-electron chi connectivity index (χ3n) is 4.92. The molecule has 2 saturated heterocycles. The molecule has 1 N–H and O–H groups in total. The molecule has 1 amide bonds. The summed E-state index contributed by atoms with van der Waals surface area (Å²) in [5, 5.41) is 12.1. The third kappa shape index (κ3) is 5.32. The van der Waals surface area contributed by atoms with Crippen molar-refractivity contribution in [2.24, 2.45) is 4.99 Å². The Hall–Kier alpha value is -1.93. The largest absolute Gasteiger partial charge is 0.368 e. The summed E-state index contributed by atoms with van der Waals surface area (Å²) in [7, 11) is 1.67. The van der Waals surface area contributed by atoms with Gasteiger partial charge in [0.1, 0.15) is 11.9 Å². The molecule has 0 radical (unpaired) electrons. The Bertz CT molecular complexity index is 753. The van der Waals surface area contributed by atoms with E-state index in [1.54, 1.807) is 7.05 Å². The Morgan fingerprint density at radius 3 is 2.68 bits per heavy atom. The number of hydrogen-bond donors (Lipinski definition) is 1. The summed E-state index contributed by atoms with van der Waals surface area (Å²) in [6, 6.07) is 6.31. The summed E-state index contributed by atoms with van der Waals surface area (Å²) in [6.45, 7) is 3.42. The summed E-state index contributed by atoms with van der Waals surface area (Å²) >= 11 is 0. The van der Waals surface area contributed by atoms with Crippen molar-refractivity contribution in [1.82, 2.24) is 15.1 Å². The van der Waals surface area contributed by atoms with E-state index in [4.69, 9.17) is 10.00 Å². The Morgan fingerprint density at radius 2 is 2.07 bits per heavy atom. The first-order chi connectivity index (χ1) is 13.1. The van der Waals surface area contributed by atoms with Gasteiger partial charge in [-0.25, -0.2) is 4.39 Å². The highest BCUT2D eigenvalue weighted by molar-refractivity contribution is 14.0. The maximum Gasteiger partial charge on any atom is 0.251 e. The second-order valence-corrected chi connectivity index (χ2v) is 6.63. The fourth-order valence-corrected chi connectivity index (χ4v) is 3.40.